The second kappa shape index (κ2) is 5.68. The van der Waals surface area contributed by atoms with Gasteiger partial charge in [-0.2, -0.15) is 11.8 Å². The molecule has 3 N–H and O–H groups in total. The van der Waals surface area contributed by atoms with Crippen LogP contribution in [-0.2, 0) is 10.0 Å². The lowest BCUT2D eigenvalue weighted by Crippen LogP contribution is -2.38. The van der Waals surface area contributed by atoms with Gasteiger partial charge in [0.2, 0.25) is 0 Å². The molecule has 2 rings (SSSR count). The van der Waals surface area contributed by atoms with Crippen molar-refractivity contribution in [2.24, 2.45) is 0 Å². The molecule has 7 heteroatoms. The van der Waals surface area contributed by atoms with Gasteiger partial charge in [-0.05, 0) is 31.2 Å². The maximum absolute atomic E-state index is 12.2. The van der Waals surface area contributed by atoms with E-state index in [0.29, 0.717) is 6.54 Å². The summed E-state index contributed by atoms with van der Waals surface area (Å²) >= 11 is 1.74. The number of nitrogen functional groups attached to an aromatic ring is 1. The molecule has 0 amide bonds. The summed E-state index contributed by atoms with van der Waals surface area (Å²) in [6.45, 7) is 0.437. The molecule has 0 aliphatic heterocycles. The van der Waals surface area contributed by atoms with E-state index in [1.807, 2.05) is 6.26 Å². The van der Waals surface area contributed by atoms with Crippen LogP contribution in [-0.4, -0.2) is 30.9 Å². The predicted molar refractivity (Wildman–Crippen MR) is 78.6 cm³/mol. The Balaban J connectivity index is 2.12. The van der Waals surface area contributed by atoms with Crippen LogP contribution in [0.3, 0.4) is 0 Å². The monoisotopic (exact) mass is 301 g/mol. The van der Waals surface area contributed by atoms with Crippen molar-refractivity contribution in [2.75, 3.05) is 18.5 Å². The van der Waals surface area contributed by atoms with Crippen molar-refractivity contribution >= 4 is 27.5 Å². The third-order valence-corrected chi connectivity index (χ3v) is 6.38. The van der Waals surface area contributed by atoms with Crippen LogP contribution < -0.4 is 10.5 Å². The van der Waals surface area contributed by atoms with E-state index in [4.69, 9.17) is 5.73 Å². The highest BCUT2D eigenvalue weighted by Gasteiger charge is 2.34. The first-order valence-corrected chi connectivity index (χ1v) is 8.95. The summed E-state index contributed by atoms with van der Waals surface area (Å²) in [6, 6.07) is 3.16. The average Bonchev–Trinajstić information content (AvgIpc) is 2.86. The molecule has 0 radical (unpaired) electrons. The Bertz CT molecular complexity index is 540. The average molecular weight is 301 g/mol. The minimum atomic E-state index is -3.63. The van der Waals surface area contributed by atoms with Crippen LogP contribution in [0.1, 0.15) is 25.7 Å². The Morgan fingerprint density at radius 2 is 2.16 bits per heavy atom. The van der Waals surface area contributed by atoms with E-state index in [1.165, 1.54) is 6.20 Å². The largest absolute Gasteiger partial charge is 0.396 e. The molecular formula is C12H19N3O2S2. The van der Waals surface area contributed by atoms with E-state index in [1.54, 1.807) is 23.9 Å². The Hall–Kier alpha value is -0.790. The van der Waals surface area contributed by atoms with Gasteiger partial charge >= 0.3 is 0 Å². The Morgan fingerprint density at radius 1 is 1.47 bits per heavy atom. The normalized spacial score (nSPS) is 18.6. The summed E-state index contributed by atoms with van der Waals surface area (Å²) in [4.78, 5) is 3.86. The van der Waals surface area contributed by atoms with E-state index < -0.39 is 10.0 Å². The molecule has 0 spiro atoms. The highest BCUT2D eigenvalue weighted by molar-refractivity contribution is 8.00. The molecular weight excluding hydrogens is 282 g/mol. The van der Waals surface area contributed by atoms with Crippen molar-refractivity contribution in [1.29, 1.82) is 0 Å². The number of nitrogens with one attached hydrogen (secondary N) is 1. The zero-order valence-corrected chi connectivity index (χ0v) is 12.6. The standard InChI is InChI=1S/C12H19N3O2S2/c1-18-12(6-2-3-7-12)9-15-19(16,17)11-10(13)5-4-8-14-11/h4-5,8,15H,2-3,6-7,9,13H2,1H3. The van der Waals surface area contributed by atoms with E-state index in [0.717, 1.165) is 25.7 Å². The quantitative estimate of drug-likeness (QED) is 0.863. The number of nitrogens with two attached hydrogens (primary N) is 1. The summed E-state index contributed by atoms with van der Waals surface area (Å²) in [5.74, 6) is 0. The minimum Gasteiger partial charge on any atom is -0.396 e. The van der Waals surface area contributed by atoms with E-state index in [-0.39, 0.29) is 15.5 Å². The van der Waals surface area contributed by atoms with Gasteiger partial charge in [0.25, 0.3) is 10.0 Å². The summed E-state index contributed by atoms with van der Waals surface area (Å²) in [7, 11) is -3.63. The zero-order chi connectivity index (χ0) is 13.9. The van der Waals surface area contributed by atoms with Crippen LogP contribution in [0.15, 0.2) is 23.4 Å². The smallest absolute Gasteiger partial charge is 0.260 e. The fraction of sp³-hybridized carbons (Fsp3) is 0.583. The number of hydrogen-bond donors (Lipinski definition) is 2. The van der Waals surface area contributed by atoms with Gasteiger partial charge in [0.05, 0.1) is 5.69 Å². The van der Waals surface area contributed by atoms with Gasteiger partial charge < -0.3 is 5.73 Å². The third kappa shape index (κ3) is 3.21. The van der Waals surface area contributed by atoms with Crippen molar-refractivity contribution in [1.82, 2.24) is 9.71 Å². The van der Waals surface area contributed by atoms with Crippen molar-refractivity contribution in [2.45, 2.75) is 35.5 Å². The first kappa shape index (κ1) is 14.6. The van der Waals surface area contributed by atoms with Crippen LogP contribution in [0.25, 0.3) is 0 Å². The van der Waals surface area contributed by atoms with Gasteiger partial charge in [-0.15, -0.1) is 0 Å². The predicted octanol–water partition coefficient (Wildman–Crippen LogP) is 1.62. The molecule has 1 aliphatic rings. The second-order valence-corrected chi connectivity index (χ2v) is 7.77. The topological polar surface area (TPSA) is 85.1 Å². The lowest BCUT2D eigenvalue weighted by Gasteiger charge is -2.26. The molecule has 1 aromatic heterocycles. The van der Waals surface area contributed by atoms with Crippen molar-refractivity contribution in [3.05, 3.63) is 18.3 Å². The Kier molecular flexibility index (Phi) is 4.37. The summed E-state index contributed by atoms with van der Waals surface area (Å²) in [6.07, 6.45) is 7.89. The van der Waals surface area contributed by atoms with E-state index >= 15 is 0 Å². The number of thioether (sulfide) groups is 1. The molecule has 106 valence electrons. The fourth-order valence-electron chi connectivity index (χ4n) is 2.40. The minimum absolute atomic E-state index is 0.0244. The summed E-state index contributed by atoms with van der Waals surface area (Å²) in [5, 5.41) is -0.0794. The third-order valence-electron chi connectivity index (χ3n) is 3.59. The number of hydrogen-bond acceptors (Lipinski definition) is 5. The molecule has 1 aromatic rings. The highest BCUT2D eigenvalue weighted by atomic mass is 32.2. The second-order valence-electron chi connectivity index (χ2n) is 4.82. The SMILES string of the molecule is CSC1(CNS(=O)(=O)c2ncccc2N)CCCC1. The molecule has 0 aromatic carbocycles. The number of sulfonamides is 1. The van der Waals surface area contributed by atoms with Crippen LogP contribution in [0.2, 0.25) is 0 Å². The van der Waals surface area contributed by atoms with Crippen molar-refractivity contribution in [3.63, 3.8) is 0 Å². The van der Waals surface area contributed by atoms with Gasteiger partial charge in [0, 0.05) is 17.5 Å². The van der Waals surface area contributed by atoms with Gasteiger partial charge in [-0.1, -0.05) is 12.8 Å². The fourth-order valence-corrected chi connectivity index (χ4v) is 4.58. The van der Waals surface area contributed by atoms with Gasteiger partial charge in [0.15, 0.2) is 5.03 Å². The van der Waals surface area contributed by atoms with Gasteiger partial charge in [-0.3, -0.25) is 0 Å². The highest BCUT2D eigenvalue weighted by Crippen LogP contribution is 2.39. The maximum atomic E-state index is 12.2. The lowest BCUT2D eigenvalue weighted by molar-refractivity contribution is 0.549. The first-order chi connectivity index (χ1) is 8.99. The van der Waals surface area contributed by atoms with Gasteiger partial charge in [-0.25, -0.2) is 18.1 Å². The number of pyridine rings is 1. The Morgan fingerprint density at radius 3 is 2.74 bits per heavy atom. The Labute approximate surface area is 118 Å². The lowest BCUT2D eigenvalue weighted by atomic mass is 10.1. The molecule has 1 aliphatic carbocycles. The number of anilines is 1. The van der Waals surface area contributed by atoms with Gasteiger partial charge in [0.1, 0.15) is 0 Å². The number of rotatable bonds is 5. The molecule has 1 saturated carbocycles. The summed E-state index contributed by atoms with van der Waals surface area (Å²) < 4.78 is 27.1. The van der Waals surface area contributed by atoms with E-state index in [2.05, 4.69) is 9.71 Å². The first-order valence-electron chi connectivity index (χ1n) is 6.24. The number of nitrogens with zero attached hydrogens (tertiary/aromatic N) is 1. The van der Waals surface area contributed by atoms with E-state index in [9.17, 15) is 8.42 Å². The molecule has 19 heavy (non-hydrogen) atoms. The van der Waals surface area contributed by atoms with Crippen molar-refractivity contribution < 1.29 is 8.42 Å². The zero-order valence-electron chi connectivity index (χ0n) is 10.9. The van der Waals surface area contributed by atoms with Crippen molar-refractivity contribution in [3.8, 4) is 0 Å². The molecule has 0 unspecified atom stereocenters. The van der Waals surface area contributed by atoms with Crippen LogP contribution in [0.4, 0.5) is 5.69 Å². The molecule has 5 nitrogen and oxygen atoms in total. The van der Waals surface area contributed by atoms with Crippen LogP contribution in [0.5, 0.6) is 0 Å². The molecule has 0 saturated heterocycles. The molecule has 1 fully saturated rings. The van der Waals surface area contributed by atoms with Crippen LogP contribution >= 0.6 is 11.8 Å². The van der Waals surface area contributed by atoms with Crippen LogP contribution in [0, 0.1) is 0 Å². The maximum Gasteiger partial charge on any atom is 0.260 e. The summed E-state index contributed by atoms with van der Waals surface area (Å²) in [5.41, 5.74) is 5.85. The molecule has 0 bridgehead atoms. The molecule has 0 atom stereocenters. The molecule has 1 heterocycles. The number of aromatic nitrogens is 1.